The number of nitrogens with one attached hydrogen (secondary N) is 1. The molecule has 0 radical (unpaired) electrons. The third-order valence-electron chi connectivity index (χ3n) is 6.68. The first-order valence-electron chi connectivity index (χ1n) is 11.8. The number of sulfonamides is 1. The highest BCUT2D eigenvalue weighted by Gasteiger charge is 2.33. The number of piperidine rings is 1. The summed E-state index contributed by atoms with van der Waals surface area (Å²) < 4.78 is 32.1. The average Bonchev–Trinajstić information content (AvgIpc) is 3.06. The first-order chi connectivity index (χ1) is 17.8. The van der Waals surface area contributed by atoms with Gasteiger partial charge in [0, 0.05) is 20.1 Å². The van der Waals surface area contributed by atoms with E-state index >= 15 is 0 Å². The van der Waals surface area contributed by atoms with E-state index in [-0.39, 0.29) is 33.8 Å². The quantitative estimate of drug-likeness (QED) is 0.462. The highest BCUT2D eigenvalue weighted by atomic mass is 35.5. The van der Waals surface area contributed by atoms with Crippen molar-refractivity contribution in [3.63, 3.8) is 0 Å². The predicted molar refractivity (Wildman–Crippen MR) is 145 cm³/mol. The van der Waals surface area contributed by atoms with E-state index in [1.165, 1.54) is 20.3 Å². The van der Waals surface area contributed by atoms with Crippen LogP contribution in [0.25, 0.3) is 5.69 Å². The second-order valence-electron chi connectivity index (χ2n) is 9.45. The molecule has 1 fully saturated rings. The first-order valence-corrected chi connectivity index (χ1v) is 14.0. The molecule has 2 amide bonds. The van der Waals surface area contributed by atoms with Crippen LogP contribution in [-0.2, 0) is 21.9 Å². The zero-order valence-electron chi connectivity index (χ0n) is 20.9. The van der Waals surface area contributed by atoms with E-state index in [9.17, 15) is 22.8 Å². The van der Waals surface area contributed by atoms with Crippen molar-refractivity contribution in [1.29, 1.82) is 0 Å². The summed E-state index contributed by atoms with van der Waals surface area (Å²) in [6.07, 6.45) is 0.550. The third kappa shape index (κ3) is 5.18. The van der Waals surface area contributed by atoms with Gasteiger partial charge in [0.25, 0.3) is 21.5 Å². The van der Waals surface area contributed by atoms with Crippen molar-refractivity contribution in [2.24, 2.45) is 24.6 Å². The number of anilines is 1. The number of aromatic nitrogens is 2. The van der Waals surface area contributed by atoms with Crippen molar-refractivity contribution in [2.75, 3.05) is 17.8 Å². The van der Waals surface area contributed by atoms with E-state index < -0.39 is 38.2 Å². The fourth-order valence-corrected chi connectivity index (χ4v) is 6.64. The number of rotatable bonds is 6. The third-order valence-corrected chi connectivity index (χ3v) is 8.81. The smallest absolute Gasteiger partial charge is 0.296 e. The number of hydrogen-bond donors (Lipinski definition) is 2. The van der Waals surface area contributed by atoms with Gasteiger partial charge in [0.1, 0.15) is 10.6 Å². The Hall–Kier alpha value is -3.28. The van der Waals surface area contributed by atoms with Gasteiger partial charge in [0.2, 0.25) is 5.91 Å². The van der Waals surface area contributed by atoms with Crippen LogP contribution in [0.15, 0.2) is 52.2 Å². The van der Waals surface area contributed by atoms with E-state index in [0.29, 0.717) is 24.3 Å². The molecule has 10 nitrogen and oxygen atoms in total. The molecule has 1 aliphatic rings. The lowest BCUT2D eigenvalue weighted by Gasteiger charge is -2.35. The van der Waals surface area contributed by atoms with Crippen LogP contribution >= 0.6 is 23.2 Å². The Labute approximate surface area is 230 Å². The van der Waals surface area contributed by atoms with Crippen LogP contribution in [0.1, 0.15) is 29.4 Å². The summed E-state index contributed by atoms with van der Waals surface area (Å²) in [5.74, 6) is -1.58. The maximum atomic E-state index is 13.5. The summed E-state index contributed by atoms with van der Waals surface area (Å²) in [6, 6.07) is 11.0. The normalized spacial score (nSPS) is 17.9. The summed E-state index contributed by atoms with van der Waals surface area (Å²) >= 11 is 12.6. The van der Waals surface area contributed by atoms with Crippen LogP contribution in [0.5, 0.6) is 0 Å². The Kier molecular flexibility index (Phi) is 7.64. The second kappa shape index (κ2) is 10.5. The Bertz CT molecular complexity index is 1580. The molecule has 13 heteroatoms. The zero-order valence-corrected chi connectivity index (χ0v) is 23.3. The molecule has 2 aromatic carbocycles. The van der Waals surface area contributed by atoms with Gasteiger partial charge >= 0.3 is 0 Å². The lowest BCUT2D eigenvalue weighted by Crippen LogP contribution is -2.47. The summed E-state index contributed by atoms with van der Waals surface area (Å²) in [5.41, 5.74) is 5.55. The number of likely N-dealkylation sites (tertiary alicyclic amines) is 1. The van der Waals surface area contributed by atoms with Gasteiger partial charge in [0.05, 0.1) is 32.9 Å². The van der Waals surface area contributed by atoms with Gasteiger partial charge in [-0.05, 0) is 43.5 Å². The minimum absolute atomic E-state index is 0.00832. The molecular weight excluding hydrogens is 553 g/mol. The number of nitrogens with two attached hydrogens (primary N) is 1. The molecule has 1 aromatic heterocycles. The maximum Gasteiger partial charge on any atom is 0.296 e. The summed E-state index contributed by atoms with van der Waals surface area (Å²) in [7, 11) is -2.79. The second-order valence-corrected chi connectivity index (χ2v) is 11.9. The number of para-hydroxylation sites is 1. The van der Waals surface area contributed by atoms with Gasteiger partial charge in [-0.3, -0.25) is 23.8 Å². The van der Waals surface area contributed by atoms with E-state index in [4.69, 9.17) is 28.9 Å². The maximum absolute atomic E-state index is 13.5. The van der Waals surface area contributed by atoms with Crippen molar-refractivity contribution >= 4 is 50.7 Å². The van der Waals surface area contributed by atoms with Crippen LogP contribution in [-0.4, -0.2) is 47.6 Å². The molecule has 202 valence electrons. The van der Waals surface area contributed by atoms with Gasteiger partial charge < -0.3 is 10.6 Å². The van der Waals surface area contributed by atoms with Gasteiger partial charge in [-0.25, -0.2) is 13.1 Å². The number of halogens is 2. The first kappa shape index (κ1) is 27.7. The molecule has 2 atom stereocenters. The molecule has 1 aliphatic heterocycles. The Morgan fingerprint density at radius 1 is 1.08 bits per heavy atom. The van der Waals surface area contributed by atoms with Gasteiger partial charge in [-0.1, -0.05) is 48.3 Å². The fourth-order valence-electron chi connectivity index (χ4n) is 4.67. The van der Waals surface area contributed by atoms with E-state index in [1.54, 1.807) is 44.3 Å². The molecule has 3 N–H and O–H groups in total. The number of nitrogens with zero attached hydrogens (tertiary/aromatic N) is 3. The van der Waals surface area contributed by atoms with Gasteiger partial charge in [0.15, 0.2) is 0 Å². The molecule has 0 bridgehead atoms. The van der Waals surface area contributed by atoms with Crippen LogP contribution in [0.2, 0.25) is 10.0 Å². The van der Waals surface area contributed by atoms with Gasteiger partial charge in [-0.15, -0.1) is 0 Å². The number of hydrogen-bond acceptors (Lipinski definition) is 5. The zero-order chi connectivity index (χ0) is 27.9. The molecule has 3 aromatic rings. The van der Waals surface area contributed by atoms with Gasteiger partial charge in [-0.2, -0.15) is 0 Å². The van der Waals surface area contributed by atoms with Crippen molar-refractivity contribution in [1.82, 2.24) is 14.3 Å². The van der Waals surface area contributed by atoms with Crippen LogP contribution in [0.3, 0.4) is 0 Å². The standard InChI is InChI=1S/C25H27Cl2N5O5S/c1-14-9-16(23(28)33)13-31(12-14)24(34)18-10-21(20(27)11-19(18)26)38(36,37)29-22-15(2)30(3)32(25(22)35)17-7-5-4-6-8-17/h4-8,10-11,14,16,29H,9,12-13H2,1-3H3,(H2,28,33). The summed E-state index contributed by atoms with van der Waals surface area (Å²) in [6.45, 7) is 3.94. The molecule has 1 saturated heterocycles. The Morgan fingerprint density at radius 2 is 1.74 bits per heavy atom. The van der Waals surface area contributed by atoms with Crippen LogP contribution in [0.4, 0.5) is 5.69 Å². The highest BCUT2D eigenvalue weighted by Crippen LogP contribution is 2.32. The number of carbonyl (C=O) groups is 2. The SMILES string of the molecule is Cc1c(NS(=O)(=O)c2cc(C(=O)N3CC(C)CC(C(N)=O)C3)c(Cl)cc2Cl)c(=O)n(-c2ccccc2)n1C. The monoisotopic (exact) mass is 579 g/mol. The number of benzene rings is 2. The van der Waals surface area contributed by atoms with Crippen LogP contribution < -0.4 is 16.0 Å². The minimum Gasteiger partial charge on any atom is -0.369 e. The molecule has 0 aliphatic carbocycles. The van der Waals surface area contributed by atoms with E-state index in [0.717, 1.165) is 6.07 Å². The lowest BCUT2D eigenvalue weighted by atomic mass is 9.89. The van der Waals surface area contributed by atoms with Crippen molar-refractivity contribution in [3.8, 4) is 5.69 Å². The van der Waals surface area contributed by atoms with E-state index in [1.807, 2.05) is 6.92 Å². The van der Waals surface area contributed by atoms with Crippen molar-refractivity contribution in [2.45, 2.75) is 25.2 Å². The molecule has 2 unspecified atom stereocenters. The molecule has 0 saturated carbocycles. The molecule has 0 spiro atoms. The average molecular weight is 580 g/mol. The highest BCUT2D eigenvalue weighted by molar-refractivity contribution is 7.92. The Morgan fingerprint density at radius 3 is 2.37 bits per heavy atom. The number of primary amides is 1. The summed E-state index contributed by atoms with van der Waals surface area (Å²) in [4.78, 5) is 39.4. The van der Waals surface area contributed by atoms with Crippen LogP contribution in [0, 0.1) is 18.8 Å². The van der Waals surface area contributed by atoms with Crippen molar-refractivity contribution < 1.29 is 18.0 Å². The largest absolute Gasteiger partial charge is 0.369 e. The Balaban J connectivity index is 1.71. The minimum atomic E-state index is -4.43. The summed E-state index contributed by atoms with van der Waals surface area (Å²) in [5, 5.41) is -0.270. The number of amides is 2. The topological polar surface area (TPSA) is 136 Å². The predicted octanol–water partition coefficient (Wildman–Crippen LogP) is 3.18. The molecular formula is C25H27Cl2N5O5S. The lowest BCUT2D eigenvalue weighted by molar-refractivity contribution is -0.123. The molecule has 2 heterocycles. The van der Waals surface area contributed by atoms with E-state index in [2.05, 4.69) is 4.72 Å². The molecule has 4 rings (SSSR count). The molecule has 38 heavy (non-hydrogen) atoms. The number of carbonyl (C=O) groups excluding carboxylic acids is 2. The van der Waals surface area contributed by atoms with Crippen molar-refractivity contribution in [3.05, 3.63) is 74.1 Å². The fraction of sp³-hybridized carbons (Fsp3) is 0.320.